The van der Waals surface area contributed by atoms with E-state index in [0.29, 0.717) is 24.7 Å². The van der Waals surface area contributed by atoms with Gasteiger partial charge in [0.15, 0.2) is 0 Å². The standard InChI is InChI=1S/C13H26N2O3S/c1-4-6-14-13(3,12(16)18-5-2)11-15-7-9-19(17)10-8-15/h14H,4-11H2,1-3H3. The lowest BCUT2D eigenvalue weighted by molar-refractivity contribution is -0.151. The minimum atomic E-state index is -0.687. The summed E-state index contributed by atoms with van der Waals surface area (Å²) in [5, 5.41) is 3.30. The van der Waals surface area contributed by atoms with Crippen LogP contribution in [-0.4, -0.2) is 64.9 Å². The summed E-state index contributed by atoms with van der Waals surface area (Å²) in [6.45, 7) is 9.16. The molecule has 1 saturated heterocycles. The van der Waals surface area contributed by atoms with E-state index < -0.39 is 16.3 Å². The highest BCUT2D eigenvalue weighted by Crippen LogP contribution is 2.12. The number of ether oxygens (including phenoxy) is 1. The fourth-order valence-electron chi connectivity index (χ4n) is 2.16. The molecule has 0 aromatic heterocycles. The van der Waals surface area contributed by atoms with Crippen LogP contribution in [0.25, 0.3) is 0 Å². The molecule has 1 aliphatic heterocycles. The van der Waals surface area contributed by atoms with E-state index >= 15 is 0 Å². The van der Waals surface area contributed by atoms with E-state index in [4.69, 9.17) is 4.74 Å². The lowest BCUT2D eigenvalue weighted by Crippen LogP contribution is -2.59. The molecule has 1 aliphatic rings. The van der Waals surface area contributed by atoms with Gasteiger partial charge in [-0.2, -0.15) is 0 Å². The summed E-state index contributed by atoms with van der Waals surface area (Å²) in [5.41, 5.74) is -0.676. The van der Waals surface area contributed by atoms with Crippen molar-refractivity contribution in [3.8, 4) is 0 Å². The first kappa shape index (κ1) is 16.6. The zero-order valence-electron chi connectivity index (χ0n) is 12.2. The quantitative estimate of drug-likeness (QED) is 0.687. The molecule has 0 spiro atoms. The van der Waals surface area contributed by atoms with Crippen LogP contribution in [0.2, 0.25) is 0 Å². The molecule has 5 nitrogen and oxygen atoms in total. The fourth-order valence-corrected chi connectivity index (χ4v) is 3.29. The molecule has 1 fully saturated rings. The average Bonchev–Trinajstić information content (AvgIpc) is 2.39. The second-order valence-electron chi connectivity index (χ2n) is 5.10. The zero-order valence-corrected chi connectivity index (χ0v) is 13.1. The number of rotatable bonds is 7. The van der Waals surface area contributed by atoms with Crippen molar-refractivity contribution in [3.63, 3.8) is 0 Å². The highest BCUT2D eigenvalue weighted by Gasteiger charge is 2.36. The van der Waals surface area contributed by atoms with Crippen molar-refractivity contribution in [2.24, 2.45) is 0 Å². The molecule has 1 rings (SSSR count). The Morgan fingerprint density at radius 1 is 1.37 bits per heavy atom. The van der Waals surface area contributed by atoms with Crippen LogP contribution in [-0.2, 0) is 20.3 Å². The normalized spacial score (nSPS) is 21.0. The first-order valence-electron chi connectivity index (χ1n) is 7.01. The van der Waals surface area contributed by atoms with Crippen molar-refractivity contribution >= 4 is 16.8 Å². The second-order valence-corrected chi connectivity index (χ2v) is 6.80. The maximum absolute atomic E-state index is 12.1. The van der Waals surface area contributed by atoms with Gasteiger partial charge in [-0.25, -0.2) is 0 Å². The summed E-state index contributed by atoms with van der Waals surface area (Å²) in [7, 11) is -0.687. The van der Waals surface area contributed by atoms with Crippen molar-refractivity contribution in [1.82, 2.24) is 10.2 Å². The highest BCUT2D eigenvalue weighted by atomic mass is 32.2. The SMILES string of the molecule is CCCNC(C)(CN1CCS(=O)CC1)C(=O)OCC. The lowest BCUT2D eigenvalue weighted by atomic mass is 10.0. The molecule has 0 radical (unpaired) electrons. The number of nitrogens with one attached hydrogen (secondary N) is 1. The summed E-state index contributed by atoms with van der Waals surface area (Å²) < 4.78 is 16.5. The second kappa shape index (κ2) is 7.97. The topological polar surface area (TPSA) is 58.6 Å². The Bertz CT molecular complexity index is 315. The predicted octanol–water partition coefficient (Wildman–Crippen LogP) is 0.372. The maximum atomic E-state index is 12.1. The highest BCUT2D eigenvalue weighted by molar-refractivity contribution is 7.85. The minimum absolute atomic E-state index is 0.199. The Morgan fingerprint density at radius 3 is 2.53 bits per heavy atom. The minimum Gasteiger partial charge on any atom is -0.465 e. The molecule has 19 heavy (non-hydrogen) atoms. The molecule has 112 valence electrons. The van der Waals surface area contributed by atoms with Crippen molar-refractivity contribution in [2.75, 3.05) is 44.3 Å². The van der Waals surface area contributed by atoms with E-state index in [-0.39, 0.29) is 5.97 Å². The number of carbonyl (C=O) groups is 1. The van der Waals surface area contributed by atoms with Gasteiger partial charge in [0.25, 0.3) is 0 Å². The van der Waals surface area contributed by atoms with E-state index in [2.05, 4.69) is 17.1 Å². The first-order valence-corrected chi connectivity index (χ1v) is 8.50. The molecular formula is C13H26N2O3S. The Labute approximate surface area is 118 Å². The predicted molar refractivity (Wildman–Crippen MR) is 77.6 cm³/mol. The van der Waals surface area contributed by atoms with E-state index in [1.165, 1.54) is 0 Å². The van der Waals surface area contributed by atoms with Gasteiger partial charge >= 0.3 is 5.97 Å². The van der Waals surface area contributed by atoms with Crippen molar-refractivity contribution in [1.29, 1.82) is 0 Å². The Balaban J connectivity index is 2.62. The van der Waals surface area contributed by atoms with Gasteiger partial charge in [0, 0.05) is 41.9 Å². The molecule has 0 bridgehead atoms. The zero-order chi connectivity index (χ0) is 14.3. The molecule has 6 heteroatoms. The first-order chi connectivity index (χ1) is 9.01. The monoisotopic (exact) mass is 290 g/mol. The summed E-state index contributed by atoms with van der Waals surface area (Å²) in [6, 6.07) is 0. The lowest BCUT2D eigenvalue weighted by Gasteiger charge is -2.36. The van der Waals surface area contributed by atoms with Crippen molar-refractivity contribution in [3.05, 3.63) is 0 Å². The molecule has 1 heterocycles. The van der Waals surface area contributed by atoms with Crippen molar-refractivity contribution < 1.29 is 13.7 Å². The molecule has 1 N–H and O–H groups in total. The number of carbonyl (C=O) groups excluding carboxylic acids is 1. The third kappa shape index (κ3) is 5.20. The van der Waals surface area contributed by atoms with Crippen LogP contribution >= 0.6 is 0 Å². The van der Waals surface area contributed by atoms with Crippen LogP contribution in [0.15, 0.2) is 0 Å². The van der Waals surface area contributed by atoms with Crippen LogP contribution in [0, 0.1) is 0 Å². The molecule has 0 saturated carbocycles. The Hall–Kier alpha value is -0.460. The Kier molecular flexibility index (Phi) is 6.96. The van der Waals surface area contributed by atoms with Crippen molar-refractivity contribution in [2.45, 2.75) is 32.7 Å². The smallest absolute Gasteiger partial charge is 0.327 e. The molecule has 0 amide bonds. The van der Waals surface area contributed by atoms with E-state index in [1.54, 1.807) is 0 Å². The number of hydrogen-bond acceptors (Lipinski definition) is 5. The molecule has 1 atom stereocenters. The summed E-state index contributed by atoms with van der Waals surface area (Å²) in [5.74, 6) is 1.20. The van der Waals surface area contributed by atoms with E-state index in [9.17, 15) is 9.00 Å². The van der Waals surface area contributed by atoms with Gasteiger partial charge in [-0.15, -0.1) is 0 Å². The molecular weight excluding hydrogens is 264 g/mol. The Morgan fingerprint density at radius 2 is 2.00 bits per heavy atom. The van der Waals surface area contributed by atoms with Crippen LogP contribution in [0.3, 0.4) is 0 Å². The van der Waals surface area contributed by atoms with Gasteiger partial charge in [-0.1, -0.05) is 6.92 Å². The van der Waals surface area contributed by atoms with Gasteiger partial charge in [-0.05, 0) is 26.8 Å². The number of esters is 1. The van der Waals surface area contributed by atoms with Crippen LogP contribution in [0.4, 0.5) is 0 Å². The van der Waals surface area contributed by atoms with Crippen LogP contribution in [0.1, 0.15) is 27.2 Å². The molecule has 0 aromatic rings. The summed E-state index contributed by atoms with van der Waals surface area (Å²) in [4.78, 5) is 14.3. The van der Waals surface area contributed by atoms with Crippen LogP contribution in [0.5, 0.6) is 0 Å². The van der Waals surface area contributed by atoms with Gasteiger partial charge in [0.2, 0.25) is 0 Å². The maximum Gasteiger partial charge on any atom is 0.327 e. The van der Waals surface area contributed by atoms with Gasteiger partial charge in [-0.3, -0.25) is 13.9 Å². The van der Waals surface area contributed by atoms with Crippen LogP contribution < -0.4 is 5.32 Å². The molecule has 1 unspecified atom stereocenters. The van der Waals surface area contributed by atoms with Gasteiger partial charge in [0.1, 0.15) is 5.54 Å². The molecule has 0 aromatic carbocycles. The summed E-state index contributed by atoms with van der Waals surface area (Å²) in [6.07, 6.45) is 0.971. The third-order valence-corrected chi connectivity index (χ3v) is 4.58. The third-order valence-electron chi connectivity index (χ3n) is 3.30. The summed E-state index contributed by atoms with van der Waals surface area (Å²) >= 11 is 0. The number of nitrogens with zero attached hydrogens (tertiary/aromatic N) is 1. The largest absolute Gasteiger partial charge is 0.465 e. The van der Waals surface area contributed by atoms with E-state index in [1.807, 2.05) is 13.8 Å². The molecule has 0 aliphatic carbocycles. The van der Waals surface area contributed by atoms with Gasteiger partial charge in [0.05, 0.1) is 6.61 Å². The number of hydrogen-bond donors (Lipinski definition) is 1. The van der Waals surface area contributed by atoms with Gasteiger partial charge < -0.3 is 10.1 Å². The average molecular weight is 290 g/mol. The van der Waals surface area contributed by atoms with E-state index in [0.717, 1.165) is 26.1 Å². The fraction of sp³-hybridized carbons (Fsp3) is 0.923.